The highest BCUT2D eigenvalue weighted by Crippen LogP contribution is 2.29. The molecule has 4 rings (SSSR count). The molecule has 2 saturated heterocycles. The number of aromatic nitrogens is 2. The summed E-state index contributed by atoms with van der Waals surface area (Å²) in [4.78, 5) is 13.7. The molecule has 3 atom stereocenters. The Morgan fingerprint density at radius 3 is 2.92 bits per heavy atom. The number of benzene rings is 1. The zero-order valence-corrected chi connectivity index (χ0v) is 15.0. The van der Waals surface area contributed by atoms with Gasteiger partial charge in [0, 0.05) is 43.2 Å². The van der Waals surface area contributed by atoms with E-state index in [1.165, 1.54) is 26.3 Å². The predicted octanol–water partition coefficient (Wildman–Crippen LogP) is 2.97. The van der Waals surface area contributed by atoms with Crippen LogP contribution in [0.2, 0.25) is 0 Å². The van der Waals surface area contributed by atoms with Gasteiger partial charge in [0.1, 0.15) is 6.10 Å². The summed E-state index contributed by atoms with van der Waals surface area (Å²) in [7, 11) is 0. The fourth-order valence-electron chi connectivity index (χ4n) is 3.95. The van der Waals surface area contributed by atoms with Crippen LogP contribution in [-0.2, 0) is 4.79 Å². The van der Waals surface area contributed by atoms with Crippen molar-refractivity contribution in [3.05, 3.63) is 36.4 Å². The van der Waals surface area contributed by atoms with Gasteiger partial charge in [-0.2, -0.15) is 0 Å². The highest BCUT2D eigenvalue weighted by molar-refractivity contribution is 5.89. The number of fused-ring (bicyclic) bond motifs is 2. The summed E-state index contributed by atoms with van der Waals surface area (Å²) >= 11 is 0. The van der Waals surface area contributed by atoms with Crippen molar-refractivity contribution in [2.75, 3.05) is 25.0 Å². The molecule has 0 aliphatic carbocycles. The van der Waals surface area contributed by atoms with Gasteiger partial charge in [-0.15, -0.1) is 10.2 Å². The van der Waals surface area contributed by atoms with Crippen LogP contribution in [0.25, 0.3) is 11.3 Å². The standard InChI is InChI=1S/C20H24N4O2/c1-14(25)21-17-6-2-4-15(12-17)18-7-8-20(23-22-18)26-19-9-11-24-10-3-5-16(19)13-24/h2,4,6-8,12,16,19H,3,5,9-11,13H2,1H3,(H,21,25)/t16-,19-/m1/s1. The second-order valence-electron chi connectivity index (χ2n) is 7.17. The molecular weight excluding hydrogens is 328 g/mol. The van der Waals surface area contributed by atoms with Crippen LogP contribution in [0.4, 0.5) is 5.69 Å². The molecule has 2 bridgehead atoms. The average Bonchev–Trinajstić information content (AvgIpc) is 2.65. The van der Waals surface area contributed by atoms with Gasteiger partial charge in [0.05, 0.1) is 5.69 Å². The van der Waals surface area contributed by atoms with Gasteiger partial charge in [-0.25, -0.2) is 0 Å². The Morgan fingerprint density at radius 1 is 1.19 bits per heavy atom. The van der Waals surface area contributed by atoms with E-state index in [-0.39, 0.29) is 12.0 Å². The average molecular weight is 352 g/mol. The molecule has 1 unspecified atom stereocenters. The number of ether oxygens (including phenoxy) is 1. The fraction of sp³-hybridized carbons (Fsp3) is 0.450. The number of hydrogen-bond donors (Lipinski definition) is 1. The molecule has 6 heteroatoms. The number of anilines is 1. The Balaban J connectivity index is 1.44. The third kappa shape index (κ3) is 3.85. The van der Waals surface area contributed by atoms with Gasteiger partial charge in [-0.1, -0.05) is 12.1 Å². The van der Waals surface area contributed by atoms with Crippen LogP contribution in [0.5, 0.6) is 5.88 Å². The van der Waals surface area contributed by atoms with Gasteiger partial charge in [-0.05, 0) is 44.0 Å². The molecule has 2 aliphatic heterocycles. The van der Waals surface area contributed by atoms with Crippen molar-refractivity contribution < 1.29 is 9.53 Å². The van der Waals surface area contributed by atoms with Crippen LogP contribution >= 0.6 is 0 Å². The Labute approximate surface area is 153 Å². The minimum Gasteiger partial charge on any atom is -0.473 e. The number of nitrogens with one attached hydrogen (secondary N) is 1. The summed E-state index contributed by atoms with van der Waals surface area (Å²) in [5.74, 6) is 1.11. The smallest absolute Gasteiger partial charge is 0.233 e. The molecule has 1 amide bonds. The van der Waals surface area contributed by atoms with E-state index in [0.29, 0.717) is 11.8 Å². The Bertz CT molecular complexity index is 778. The zero-order valence-electron chi connectivity index (χ0n) is 15.0. The maximum atomic E-state index is 11.2. The minimum atomic E-state index is -0.0919. The maximum Gasteiger partial charge on any atom is 0.233 e. The number of carbonyl (C=O) groups is 1. The predicted molar refractivity (Wildman–Crippen MR) is 100.0 cm³/mol. The van der Waals surface area contributed by atoms with E-state index in [4.69, 9.17) is 4.74 Å². The summed E-state index contributed by atoms with van der Waals surface area (Å²) in [5, 5.41) is 11.4. The molecule has 2 aliphatic rings. The van der Waals surface area contributed by atoms with Crippen molar-refractivity contribution in [2.45, 2.75) is 32.3 Å². The molecule has 136 valence electrons. The lowest BCUT2D eigenvalue weighted by Crippen LogP contribution is -2.49. The van der Waals surface area contributed by atoms with Crippen LogP contribution in [0.15, 0.2) is 36.4 Å². The van der Waals surface area contributed by atoms with E-state index >= 15 is 0 Å². The number of rotatable bonds is 4. The summed E-state index contributed by atoms with van der Waals surface area (Å²) < 4.78 is 6.15. The molecule has 1 aromatic carbocycles. The number of hydrogen-bond acceptors (Lipinski definition) is 5. The molecule has 2 fully saturated rings. The van der Waals surface area contributed by atoms with Gasteiger partial charge in [0.15, 0.2) is 0 Å². The third-order valence-electron chi connectivity index (χ3n) is 5.19. The highest BCUT2D eigenvalue weighted by Gasteiger charge is 2.33. The van der Waals surface area contributed by atoms with Crippen LogP contribution in [0, 0.1) is 5.92 Å². The van der Waals surface area contributed by atoms with Crippen LogP contribution < -0.4 is 10.1 Å². The summed E-state index contributed by atoms with van der Waals surface area (Å²) in [6, 6.07) is 11.4. The largest absolute Gasteiger partial charge is 0.473 e. The van der Waals surface area contributed by atoms with Gasteiger partial charge in [0.2, 0.25) is 11.8 Å². The lowest BCUT2D eigenvalue weighted by molar-refractivity contribution is -0.114. The van der Waals surface area contributed by atoms with Crippen LogP contribution in [0.1, 0.15) is 26.2 Å². The van der Waals surface area contributed by atoms with Crippen molar-refractivity contribution in [3.63, 3.8) is 0 Å². The van der Waals surface area contributed by atoms with E-state index in [0.717, 1.165) is 36.5 Å². The molecule has 1 N–H and O–H groups in total. The zero-order chi connectivity index (χ0) is 17.9. The minimum absolute atomic E-state index is 0.0919. The first kappa shape index (κ1) is 17.0. The number of piperidine rings is 2. The molecule has 0 spiro atoms. The van der Waals surface area contributed by atoms with Gasteiger partial charge in [-0.3, -0.25) is 4.79 Å². The van der Waals surface area contributed by atoms with Gasteiger partial charge < -0.3 is 15.0 Å². The number of carbonyl (C=O) groups excluding carboxylic acids is 1. The first-order chi connectivity index (χ1) is 12.7. The van der Waals surface area contributed by atoms with Crippen molar-refractivity contribution in [1.82, 2.24) is 15.1 Å². The third-order valence-corrected chi connectivity index (χ3v) is 5.19. The van der Waals surface area contributed by atoms with E-state index in [2.05, 4.69) is 20.4 Å². The summed E-state index contributed by atoms with van der Waals surface area (Å²) in [5.41, 5.74) is 2.43. The molecule has 0 saturated carbocycles. The first-order valence-corrected chi connectivity index (χ1v) is 9.28. The Morgan fingerprint density at radius 2 is 2.12 bits per heavy atom. The Kier molecular flexibility index (Phi) is 4.84. The maximum absolute atomic E-state index is 11.2. The normalized spacial score (nSPS) is 24.7. The van der Waals surface area contributed by atoms with Crippen molar-refractivity contribution in [2.24, 2.45) is 5.92 Å². The summed E-state index contributed by atoms with van der Waals surface area (Å²) in [6.45, 7) is 4.99. The van der Waals surface area contributed by atoms with Crippen LogP contribution in [0.3, 0.4) is 0 Å². The molecule has 0 radical (unpaired) electrons. The molecule has 26 heavy (non-hydrogen) atoms. The van der Waals surface area contributed by atoms with E-state index < -0.39 is 0 Å². The van der Waals surface area contributed by atoms with Crippen LogP contribution in [-0.4, -0.2) is 46.7 Å². The van der Waals surface area contributed by atoms with Crippen molar-refractivity contribution in [1.29, 1.82) is 0 Å². The van der Waals surface area contributed by atoms with E-state index in [1.807, 2.05) is 36.4 Å². The second kappa shape index (κ2) is 7.41. The monoisotopic (exact) mass is 352 g/mol. The van der Waals surface area contributed by atoms with E-state index in [1.54, 1.807) is 0 Å². The summed E-state index contributed by atoms with van der Waals surface area (Å²) in [6.07, 6.45) is 3.81. The molecular formula is C20H24N4O2. The number of nitrogens with zero attached hydrogens (tertiary/aromatic N) is 3. The lowest BCUT2D eigenvalue weighted by atomic mass is 9.87. The number of amides is 1. The lowest BCUT2D eigenvalue weighted by Gasteiger charge is -2.42. The SMILES string of the molecule is CC(=O)Nc1cccc(-c2ccc(O[C@@H]3CCN4CCC[C@@H]3C4)nn2)c1. The molecule has 6 nitrogen and oxygen atoms in total. The van der Waals surface area contributed by atoms with E-state index in [9.17, 15) is 4.79 Å². The topological polar surface area (TPSA) is 67.3 Å². The second-order valence-corrected chi connectivity index (χ2v) is 7.17. The molecule has 1 aromatic heterocycles. The Hall–Kier alpha value is -2.47. The van der Waals surface area contributed by atoms with Crippen molar-refractivity contribution >= 4 is 11.6 Å². The van der Waals surface area contributed by atoms with Gasteiger partial charge >= 0.3 is 0 Å². The first-order valence-electron chi connectivity index (χ1n) is 9.28. The highest BCUT2D eigenvalue weighted by atomic mass is 16.5. The van der Waals surface area contributed by atoms with Gasteiger partial charge in [0.25, 0.3) is 0 Å². The fourth-order valence-corrected chi connectivity index (χ4v) is 3.95. The quantitative estimate of drug-likeness (QED) is 0.916. The molecule has 3 heterocycles. The van der Waals surface area contributed by atoms with Crippen molar-refractivity contribution in [3.8, 4) is 17.1 Å². The molecule has 2 aromatic rings.